The molecule has 0 bridgehead atoms. The van der Waals surface area contributed by atoms with E-state index in [1.807, 2.05) is 25.7 Å². The molecule has 2 aliphatic rings. The lowest BCUT2D eigenvalue weighted by Crippen LogP contribution is -2.35. The molecule has 0 radical (unpaired) electrons. The average molecular weight is 444 g/mol. The summed E-state index contributed by atoms with van der Waals surface area (Å²) in [5.74, 6) is 0.866. The number of H-pyrrole nitrogens is 1. The molecule has 4 heterocycles. The second-order valence-corrected chi connectivity index (χ2v) is 7.84. The Labute approximate surface area is 180 Å². The van der Waals surface area contributed by atoms with Gasteiger partial charge < -0.3 is 10.2 Å². The number of carbonyl (C=O) groups is 1. The standard InChI is InChI=1S/C19H25N5O3.2ClH/c1-4-24-16-15(17(25)22-19(24)27)13(5-14(21-16)10(2)3)18(26)23-8-11-6-20-7-12(11)9-23;;/h5,10-12,20H,4,6-9H2,1-3H3,(H,22,25,27);2*1H/t11-,12+;;. The van der Waals surface area contributed by atoms with Gasteiger partial charge in [0, 0.05) is 38.4 Å². The van der Waals surface area contributed by atoms with Crippen LogP contribution in [0.1, 0.15) is 42.7 Å². The van der Waals surface area contributed by atoms with Crippen molar-refractivity contribution in [1.29, 1.82) is 0 Å². The number of aromatic amines is 1. The van der Waals surface area contributed by atoms with E-state index >= 15 is 0 Å². The molecule has 2 saturated heterocycles. The predicted molar refractivity (Wildman–Crippen MR) is 117 cm³/mol. The summed E-state index contributed by atoms with van der Waals surface area (Å²) in [6, 6.07) is 1.72. The number of halogens is 2. The molecule has 0 unspecified atom stereocenters. The van der Waals surface area contributed by atoms with E-state index in [0.717, 1.165) is 13.1 Å². The minimum Gasteiger partial charge on any atom is -0.338 e. The van der Waals surface area contributed by atoms with Crippen LogP contribution in [0.15, 0.2) is 15.7 Å². The van der Waals surface area contributed by atoms with Gasteiger partial charge in [-0.2, -0.15) is 0 Å². The number of likely N-dealkylation sites (tertiary alicyclic amines) is 1. The molecule has 2 N–H and O–H groups in total. The van der Waals surface area contributed by atoms with E-state index in [1.165, 1.54) is 4.57 Å². The SMILES string of the molecule is CCn1c(=O)[nH]c(=O)c2c(C(=O)N3C[C@H]4CNC[C@H]4C3)cc(C(C)C)nc21.Cl.Cl. The number of hydrogen-bond donors (Lipinski definition) is 2. The lowest BCUT2D eigenvalue weighted by Gasteiger charge is -2.20. The first-order valence-electron chi connectivity index (χ1n) is 9.58. The third-order valence-corrected chi connectivity index (χ3v) is 5.78. The molecule has 2 aromatic rings. The van der Waals surface area contributed by atoms with Gasteiger partial charge in [-0.05, 0) is 30.7 Å². The molecule has 2 aromatic heterocycles. The first-order valence-corrected chi connectivity index (χ1v) is 9.58. The molecule has 0 spiro atoms. The Hall–Kier alpha value is -1.90. The molecule has 1 amide bonds. The lowest BCUT2D eigenvalue weighted by atomic mass is 10.0. The van der Waals surface area contributed by atoms with Crippen LogP contribution in [0, 0.1) is 11.8 Å². The molecule has 160 valence electrons. The quantitative estimate of drug-likeness (QED) is 0.745. The van der Waals surface area contributed by atoms with Crippen LogP contribution in [0.4, 0.5) is 0 Å². The van der Waals surface area contributed by atoms with Gasteiger partial charge in [-0.1, -0.05) is 13.8 Å². The van der Waals surface area contributed by atoms with Crippen molar-refractivity contribution in [1.82, 2.24) is 24.8 Å². The van der Waals surface area contributed by atoms with E-state index in [4.69, 9.17) is 0 Å². The van der Waals surface area contributed by atoms with Gasteiger partial charge in [0.25, 0.3) is 11.5 Å². The maximum absolute atomic E-state index is 13.3. The van der Waals surface area contributed by atoms with E-state index < -0.39 is 11.2 Å². The van der Waals surface area contributed by atoms with Crippen LogP contribution < -0.4 is 16.6 Å². The molecular formula is C19H27Cl2N5O3. The predicted octanol–water partition coefficient (Wildman–Crippen LogP) is 1.36. The van der Waals surface area contributed by atoms with Crippen molar-refractivity contribution in [3.8, 4) is 0 Å². The molecule has 0 aliphatic carbocycles. The highest BCUT2D eigenvalue weighted by Crippen LogP contribution is 2.29. The number of pyridine rings is 1. The Morgan fingerprint density at radius 1 is 1.21 bits per heavy atom. The molecule has 4 rings (SSSR count). The lowest BCUT2D eigenvalue weighted by molar-refractivity contribution is 0.0783. The van der Waals surface area contributed by atoms with E-state index in [0.29, 0.717) is 48.4 Å². The van der Waals surface area contributed by atoms with E-state index in [-0.39, 0.29) is 42.0 Å². The fraction of sp³-hybridized carbons (Fsp3) is 0.579. The number of aromatic nitrogens is 3. The Balaban J connectivity index is 0.00000150. The van der Waals surface area contributed by atoms with Crippen molar-refractivity contribution in [2.75, 3.05) is 26.2 Å². The van der Waals surface area contributed by atoms with Crippen molar-refractivity contribution in [3.05, 3.63) is 38.2 Å². The minimum absolute atomic E-state index is 0. The largest absolute Gasteiger partial charge is 0.338 e. The Morgan fingerprint density at radius 2 is 1.83 bits per heavy atom. The average Bonchev–Trinajstić information content (AvgIpc) is 3.22. The second-order valence-electron chi connectivity index (χ2n) is 7.84. The van der Waals surface area contributed by atoms with Gasteiger partial charge in [0.1, 0.15) is 0 Å². The Morgan fingerprint density at radius 3 is 2.38 bits per heavy atom. The molecule has 2 atom stereocenters. The highest BCUT2D eigenvalue weighted by molar-refractivity contribution is 6.05. The molecule has 10 heteroatoms. The number of aryl methyl sites for hydroxylation is 1. The smallest absolute Gasteiger partial charge is 0.329 e. The highest BCUT2D eigenvalue weighted by atomic mass is 35.5. The summed E-state index contributed by atoms with van der Waals surface area (Å²) in [4.78, 5) is 46.9. The van der Waals surface area contributed by atoms with Crippen LogP contribution in [0.5, 0.6) is 0 Å². The van der Waals surface area contributed by atoms with Gasteiger partial charge in [-0.15, -0.1) is 24.8 Å². The molecule has 0 aromatic carbocycles. The highest BCUT2D eigenvalue weighted by Gasteiger charge is 2.39. The molecular weight excluding hydrogens is 417 g/mol. The van der Waals surface area contributed by atoms with Gasteiger partial charge in [0.2, 0.25) is 0 Å². The van der Waals surface area contributed by atoms with Crippen molar-refractivity contribution in [2.45, 2.75) is 33.2 Å². The summed E-state index contributed by atoms with van der Waals surface area (Å²) in [6.45, 7) is 9.40. The summed E-state index contributed by atoms with van der Waals surface area (Å²) in [5, 5.41) is 3.58. The van der Waals surface area contributed by atoms with Gasteiger partial charge in [0.05, 0.1) is 10.9 Å². The normalized spacial score (nSPS) is 20.5. The molecule has 0 saturated carbocycles. The number of fused-ring (bicyclic) bond motifs is 2. The maximum Gasteiger partial charge on any atom is 0.329 e. The van der Waals surface area contributed by atoms with E-state index in [2.05, 4.69) is 15.3 Å². The first kappa shape index (κ1) is 23.4. The third kappa shape index (κ3) is 3.93. The summed E-state index contributed by atoms with van der Waals surface area (Å²) >= 11 is 0. The molecule has 29 heavy (non-hydrogen) atoms. The fourth-order valence-corrected chi connectivity index (χ4v) is 4.24. The Kier molecular flexibility index (Phi) is 7.14. The molecule has 2 aliphatic heterocycles. The number of nitrogens with one attached hydrogen (secondary N) is 2. The number of rotatable bonds is 3. The van der Waals surface area contributed by atoms with Crippen LogP contribution in [0.25, 0.3) is 11.0 Å². The summed E-state index contributed by atoms with van der Waals surface area (Å²) in [7, 11) is 0. The zero-order chi connectivity index (χ0) is 19.3. The number of hydrogen-bond acceptors (Lipinski definition) is 5. The topological polar surface area (TPSA) is 100 Å². The summed E-state index contributed by atoms with van der Waals surface area (Å²) in [5.41, 5.74) is 0.302. The van der Waals surface area contributed by atoms with Crippen molar-refractivity contribution in [2.24, 2.45) is 11.8 Å². The van der Waals surface area contributed by atoms with Crippen LogP contribution in [0.2, 0.25) is 0 Å². The molecule has 2 fully saturated rings. The monoisotopic (exact) mass is 443 g/mol. The number of nitrogens with zero attached hydrogens (tertiary/aromatic N) is 3. The number of carbonyl (C=O) groups excluding carboxylic acids is 1. The van der Waals surface area contributed by atoms with Crippen molar-refractivity contribution in [3.63, 3.8) is 0 Å². The second kappa shape index (κ2) is 8.85. The van der Waals surface area contributed by atoms with Gasteiger partial charge in [-0.25, -0.2) is 9.78 Å². The van der Waals surface area contributed by atoms with Crippen LogP contribution >= 0.6 is 24.8 Å². The van der Waals surface area contributed by atoms with Crippen molar-refractivity contribution < 1.29 is 4.79 Å². The van der Waals surface area contributed by atoms with E-state index in [9.17, 15) is 14.4 Å². The Bertz CT molecular complexity index is 1020. The fourth-order valence-electron chi connectivity index (χ4n) is 4.24. The first-order chi connectivity index (χ1) is 12.9. The van der Waals surface area contributed by atoms with Crippen molar-refractivity contribution >= 4 is 41.8 Å². The molecule has 8 nitrogen and oxygen atoms in total. The van der Waals surface area contributed by atoms with Gasteiger partial charge in [0.15, 0.2) is 5.65 Å². The maximum atomic E-state index is 13.3. The third-order valence-electron chi connectivity index (χ3n) is 5.78. The van der Waals surface area contributed by atoms with Crippen LogP contribution in [0.3, 0.4) is 0 Å². The zero-order valence-corrected chi connectivity index (χ0v) is 18.4. The van der Waals surface area contributed by atoms with Gasteiger partial charge in [-0.3, -0.25) is 19.1 Å². The van der Waals surface area contributed by atoms with Crippen LogP contribution in [-0.2, 0) is 6.54 Å². The zero-order valence-electron chi connectivity index (χ0n) is 16.7. The van der Waals surface area contributed by atoms with Gasteiger partial charge >= 0.3 is 5.69 Å². The van der Waals surface area contributed by atoms with Crippen LogP contribution in [-0.4, -0.2) is 51.5 Å². The number of amides is 1. The summed E-state index contributed by atoms with van der Waals surface area (Å²) < 4.78 is 1.42. The minimum atomic E-state index is -0.549. The van der Waals surface area contributed by atoms with E-state index in [1.54, 1.807) is 6.07 Å². The summed E-state index contributed by atoms with van der Waals surface area (Å²) in [6.07, 6.45) is 0.